The normalized spacial score (nSPS) is 25.1. The number of piperazine rings is 1. The zero-order valence-corrected chi connectivity index (χ0v) is 17.5. The number of ether oxygens (including phenoxy) is 1. The Morgan fingerprint density at radius 3 is 2.21 bits per heavy atom. The van der Waals surface area contributed by atoms with Crippen molar-refractivity contribution in [3.63, 3.8) is 0 Å². The molecular formula is C23H37N3O2. The highest BCUT2D eigenvalue weighted by molar-refractivity contribution is 5.89. The molecule has 2 fully saturated rings. The van der Waals surface area contributed by atoms with Crippen LogP contribution in [-0.2, 0) is 0 Å². The van der Waals surface area contributed by atoms with Crippen molar-refractivity contribution in [3.05, 3.63) is 24.3 Å². The van der Waals surface area contributed by atoms with Crippen molar-refractivity contribution in [2.45, 2.75) is 70.3 Å². The van der Waals surface area contributed by atoms with Gasteiger partial charge < -0.3 is 14.8 Å². The van der Waals surface area contributed by atoms with Crippen LogP contribution < -0.4 is 9.64 Å². The average Bonchev–Trinajstić information content (AvgIpc) is 2.74. The summed E-state index contributed by atoms with van der Waals surface area (Å²) in [6.07, 6.45) is 12.4. The van der Waals surface area contributed by atoms with Crippen LogP contribution in [0.25, 0.3) is 0 Å². The van der Waals surface area contributed by atoms with E-state index in [-0.39, 0.29) is 0 Å². The number of benzene rings is 1. The first kappa shape index (κ1) is 21.0. The molecule has 5 heteroatoms. The van der Waals surface area contributed by atoms with Crippen LogP contribution in [-0.4, -0.2) is 55.1 Å². The second-order valence-electron chi connectivity index (χ2n) is 8.17. The average molecular weight is 388 g/mol. The topological polar surface area (TPSA) is 48.3 Å². The van der Waals surface area contributed by atoms with E-state index in [9.17, 15) is 5.21 Å². The molecule has 0 radical (unpaired) electrons. The second kappa shape index (κ2) is 11.3. The van der Waals surface area contributed by atoms with Crippen LogP contribution >= 0.6 is 0 Å². The second-order valence-corrected chi connectivity index (χ2v) is 8.17. The Bertz CT molecular complexity index is 612. The Balaban J connectivity index is 1.63. The SMILES string of the molecule is COc1ccccc1N1CCN(C2CCCCCCCCCC/C2=N/O)CC1. The molecule has 1 aromatic rings. The number of nitrogens with zero attached hydrogens (tertiary/aromatic N) is 3. The number of oxime groups is 1. The maximum atomic E-state index is 9.73. The van der Waals surface area contributed by atoms with Crippen LogP contribution in [0.3, 0.4) is 0 Å². The van der Waals surface area contributed by atoms with Gasteiger partial charge in [0, 0.05) is 26.2 Å². The summed E-state index contributed by atoms with van der Waals surface area (Å²) >= 11 is 0. The molecule has 0 aromatic heterocycles. The zero-order valence-electron chi connectivity index (χ0n) is 17.5. The number of methoxy groups -OCH3 is 1. The maximum absolute atomic E-state index is 9.73. The lowest BCUT2D eigenvalue weighted by atomic mass is 9.95. The minimum Gasteiger partial charge on any atom is -0.495 e. The summed E-state index contributed by atoms with van der Waals surface area (Å²) in [6.45, 7) is 3.97. The molecule has 1 saturated carbocycles. The molecule has 0 spiro atoms. The van der Waals surface area contributed by atoms with Crippen molar-refractivity contribution in [2.24, 2.45) is 5.16 Å². The maximum Gasteiger partial charge on any atom is 0.142 e. The van der Waals surface area contributed by atoms with Gasteiger partial charge in [0.1, 0.15) is 5.75 Å². The van der Waals surface area contributed by atoms with E-state index < -0.39 is 0 Å². The van der Waals surface area contributed by atoms with Crippen molar-refractivity contribution >= 4 is 11.4 Å². The fourth-order valence-electron chi connectivity index (χ4n) is 4.71. The number of para-hydroxylation sites is 2. The number of hydrogen-bond donors (Lipinski definition) is 1. The quantitative estimate of drug-likeness (QED) is 0.590. The van der Waals surface area contributed by atoms with Crippen LogP contribution in [0.1, 0.15) is 64.2 Å². The smallest absolute Gasteiger partial charge is 0.142 e. The van der Waals surface area contributed by atoms with E-state index in [1.807, 2.05) is 12.1 Å². The van der Waals surface area contributed by atoms with Crippen molar-refractivity contribution < 1.29 is 9.94 Å². The standard InChI is InChI=1S/C23H37N3O2/c1-28-23-15-11-10-14-22(23)26-18-16-25(17-19-26)21-13-9-7-5-3-2-4-6-8-12-20(21)24-27/h10-11,14-15,21,27H,2-9,12-13,16-19H2,1H3/b24-20-. The molecule has 1 atom stereocenters. The minimum absolute atomic E-state index is 0.296. The molecule has 0 amide bonds. The Labute approximate surface area is 170 Å². The molecule has 156 valence electrons. The lowest BCUT2D eigenvalue weighted by Crippen LogP contribution is -2.52. The van der Waals surface area contributed by atoms with E-state index >= 15 is 0 Å². The van der Waals surface area contributed by atoms with E-state index in [2.05, 4.69) is 27.1 Å². The highest BCUT2D eigenvalue weighted by atomic mass is 16.5. The molecule has 0 bridgehead atoms. The van der Waals surface area contributed by atoms with E-state index in [4.69, 9.17) is 4.74 Å². The van der Waals surface area contributed by atoms with Gasteiger partial charge in [-0.05, 0) is 31.4 Å². The van der Waals surface area contributed by atoms with Crippen LogP contribution in [0, 0.1) is 0 Å². The van der Waals surface area contributed by atoms with E-state index in [0.717, 1.165) is 56.9 Å². The van der Waals surface area contributed by atoms with E-state index in [0.29, 0.717) is 6.04 Å². The zero-order chi connectivity index (χ0) is 19.6. The van der Waals surface area contributed by atoms with Crippen LogP contribution in [0.5, 0.6) is 5.75 Å². The monoisotopic (exact) mass is 387 g/mol. The molecule has 5 nitrogen and oxygen atoms in total. The van der Waals surface area contributed by atoms with E-state index in [1.165, 1.54) is 50.6 Å². The largest absolute Gasteiger partial charge is 0.495 e. The van der Waals surface area contributed by atoms with Crippen LogP contribution in [0.2, 0.25) is 0 Å². The van der Waals surface area contributed by atoms with Gasteiger partial charge in [0.15, 0.2) is 0 Å². The molecular weight excluding hydrogens is 350 g/mol. The van der Waals surface area contributed by atoms with Gasteiger partial charge >= 0.3 is 0 Å². The summed E-state index contributed by atoms with van der Waals surface area (Å²) in [5, 5.41) is 13.5. The molecule has 1 aromatic carbocycles. The van der Waals surface area contributed by atoms with Gasteiger partial charge in [-0.2, -0.15) is 0 Å². The number of anilines is 1. The summed E-state index contributed by atoms with van der Waals surface area (Å²) in [6, 6.07) is 8.57. The summed E-state index contributed by atoms with van der Waals surface area (Å²) in [5.74, 6) is 0.944. The van der Waals surface area contributed by atoms with Gasteiger partial charge in [-0.15, -0.1) is 0 Å². The van der Waals surface area contributed by atoms with E-state index in [1.54, 1.807) is 7.11 Å². The summed E-state index contributed by atoms with van der Waals surface area (Å²) < 4.78 is 5.55. The highest BCUT2D eigenvalue weighted by Gasteiger charge is 2.28. The number of hydrogen-bond acceptors (Lipinski definition) is 5. The van der Waals surface area contributed by atoms with Crippen LogP contribution in [0.4, 0.5) is 5.69 Å². The third-order valence-electron chi connectivity index (χ3n) is 6.35. The molecule has 2 aliphatic rings. The van der Waals surface area contributed by atoms with Gasteiger partial charge in [0.05, 0.1) is 24.6 Å². The predicted octanol–water partition coefficient (Wildman–Crippen LogP) is 4.93. The van der Waals surface area contributed by atoms with Crippen molar-refractivity contribution in [1.29, 1.82) is 0 Å². The van der Waals surface area contributed by atoms with Crippen molar-refractivity contribution in [3.8, 4) is 5.75 Å². The van der Waals surface area contributed by atoms with Gasteiger partial charge in [0.2, 0.25) is 0 Å². The molecule has 1 unspecified atom stereocenters. The van der Waals surface area contributed by atoms with Gasteiger partial charge in [-0.25, -0.2) is 0 Å². The molecule has 28 heavy (non-hydrogen) atoms. The number of rotatable bonds is 3. The fourth-order valence-corrected chi connectivity index (χ4v) is 4.71. The van der Waals surface area contributed by atoms with Crippen molar-refractivity contribution in [1.82, 2.24) is 4.90 Å². The van der Waals surface area contributed by atoms with Crippen LogP contribution in [0.15, 0.2) is 29.4 Å². The first-order valence-electron chi connectivity index (χ1n) is 11.2. The predicted molar refractivity (Wildman–Crippen MR) is 116 cm³/mol. The molecule has 1 heterocycles. The minimum atomic E-state index is 0.296. The van der Waals surface area contributed by atoms with Crippen molar-refractivity contribution in [2.75, 3.05) is 38.2 Å². The lowest BCUT2D eigenvalue weighted by Gasteiger charge is -2.41. The summed E-state index contributed by atoms with van der Waals surface area (Å²) in [7, 11) is 1.74. The third-order valence-corrected chi connectivity index (χ3v) is 6.35. The molecule has 3 rings (SSSR count). The summed E-state index contributed by atoms with van der Waals surface area (Å²) in [5.41, 5.74) is 2.19. The van der Waals surface area contributed by atoms with Gasteiger partial charge in [-0.1, -0.05) is 62.2 Å². The first-order valence-corrected chi connectivity index (χ1v) is 11.2. The molecule has 1 aliphatic heterocycles. The fraction of sp³-hybridized carbons (Fsp3) is 0.696. The molecule has 1 N–H and O–H groups in total. The van der Waals surface area contributed by atoms with Gasteiger partial charge in [0.25, 0.3) is 0 Å². The Hall–Kier alpha value is -1.75. The lowest BCUT2D eigenvalue weighted by molar-refractivity contribution is 0.207. The Morgan fingerprint density at radius 1 is 0.893 bits per heavy atom. The molecule has 1 saturated heterocycles. The Morgan fingerprint density at radius 2 is 1.54 bits per heavy atom. The Kier molecular flexibility index (Phi) is 8.46. The molecule has 1 aliphatic carbocycles. The van der Waals surface area contributed by atoms with Gasteiger partial charge in [-0.3, -0.25) is 4.90 Å². The highest BCUT2D eigenvalue weighted by Crippen LogP contribution is 2.29. The third kappa shape index (κ3) is 5.63. The first-order chi connectivity index (χ1) is 13.8. The summed E-state index contributed by atoms with van der Waals surface area (Å²) in [4.78, 5) is 4.97.